The fourth-order valence-corrected chi connectivity index (χ4v) is 6.37. The monoisotopic (exact) mass is 468 g/mol. The van der Waals surface area contributed by atoms with Crippen LogP contribution < -0.4 is 0 Å². The Morgan fingerprint density at radius 3 is 2.66 bits per heavy atom. The van der Waals surface area contributed by atoms with Crippen LogP contribution in [0.4, 0.5) is 0 Å². The second-order valence-corrected chi connectivity index (χ2v) is 9.96. The van der Waals surface area contributed by atoms with Gasteiger partial charge in [0.25, 0.3) is 0 Å². The van der Waals surface area contributed by atoms with Crippen LogP contribution in [-0.4, -0.2) is 28.8 Å². The lowest BCUT2D eigenvalue weighted by molar-refractivity contribution is -0.140. The number of aryl methyl sites for hydroxylation is 2. The molecule has 0 unspecified atom stereocenters. The summed E-state index contributed by atoms with van der Waals surface area (Å²) in [5.74, 6) is 1.15. The summed E-state index contributed by atoms with van der Waals surface area (Å²) in [6.45, 7) is 4.07. The normalized spacial score (nSPS) is 23.3. The van der Waals surface area contributed by atoms with Gasteiger partial charge in [-0.15, -0.1) is 0 Å². The summed E-state index contributed by atoms with van der Waals surface area (Å²) in [6.07, 6.45) is 4.14. The van der Waals surface area contributed by atoms with Crippen molar-refractivity contribution in [3.05, 3.63) is 82.8 Å². The Balaban J connectivity index is 1.66. The molecule has 0 aliphatic heterocycles. The highest BCUT2D eigenvalue weighted by Gasteiger charge is 2.53. The quantitative estimate of drug-likeness (QED) is 0.469. The van der Waals surface area contributed by atoms with Gasteiger partial charge < -0.3 is 4.74 Å². The number of rotatable bonds is 5. The van der Waals surface area contributed by atoms with Crippen LogP contribution in [0.3, 0.4) is 0 Å². The Morgan fingerprint density at radius 1 is 1.09 bits per heavy atom. The van der Waals surface area contributed by atoms with Gasteiger partial charge in [-0.25, -0.2) is 9.97 Å². The van der Waals surface area contributed by atoms with Crippen molar-refractivity contribution >= 4 is 11.8 Å². The number of hydrogen-bond acceptors (Lipinski definition) is 5. The predicted molar refractivity (Wildman–Crippen MR) is 135 cm³/mol. The standard InChI is InChI=1S/C30H32N2O3/c1-19-25-14-13-24-28(22-9-7-8-21(18-22)12-15-27(34)35-3)31-20(2)32-29(24)30(25,17-16-26(19)33)23-10-5-4-6-11-23/h4-11,18-19,25H,12-17H2,1-3H3/t19-,25-,30+/m0/s1. The molecule has 0 saturated heterocycles. The van der Waals surface area contributed by atoms with E-state index in [9.17, 15) is 9.59 Å². The van der Waals surface area contributed by atoms with Crippen molar-refractivity contribution in [2.45, 2.75) is 57.8 Å². The maximum atomic E-state index is 12.8. The molecule has 5 heteroatoms. The molecule has 0 radical (unpaired) electrons. The van der Waals surface area contributed by atoms with E-state index >= 15 is 0 Å². The average Bonchev–Trinajstić information content (AvgIpc) is 2.89. The number of ether oxygens (including phenoxy) is 1. The van der Waals surface area contributed by atoms with E-state index in [1.54, 1.807) is 0 Å². The topological polar surface area (TPSA) is 69.2 Å². The Hall–Kier alpha value is -3.34. The molecule has 1 aromatic heterocycles. The SMILES string of the molecule is COC(=O)CCc1cccc(-c2nc(C)nc3c2CC[C@H]2[C@H](C)C(=O)CC[C@]32c2ccccc2)c1. The molecule has 3 aromatic rings. The predicted octanol–water partition coefficient (Wildman–Crippen LogP) is 5.41. The molecule has 5 nitrogen and oxygen atoms in total. The summed E-state index contributed by atoms with van der Waals surface area (Å²) in [4.78, 5) is 34.5. The van der Waals surface area contributed by atoms with Crippen molar-refractivity contribution in [1.82, 2.24) is 9.97 Å². The summed E-state index contributed by atoms with van der Waals surface area (Å²) in [5.41, 5.74) is 6.38. The first kappa shape index (κ1) is 23.4. The number of hydrogen-bond donors (Lipinski definition) is 0. The van der Waals surface area contributed by atoms with Gasteiger partial charge in [0.1, 0.15) is 11.6 Å². The largest absolute Gasteiger partial charge is 0.469 e. The number of ketones is 1. The molecular formula is C30H32N2O3. The lowest BCUT2D eigenvalue weighted by Gasteiger charge is -2.50. The van der Waals surface area contributed by atoms with Gasteiger partial charge in [-0.3, -0.25) is 9.59 Å². The van der Waals surface area contributed by atoms with Gasteiger partial charge in [-0.2, -0.15) is 0 Å². The van der Waals surface area contributed by atoms with Crippen molar-refractivity contribution in [2.75, 3.05) is 7.11 Å². The molecule has 3 atom stereocenters. The Bertz CT molecular complexity index is 1270. The average molecular weight is 469 g/mol. The lowest BCUT2D eigenvalue weighted by atomic mass is 9.52. The van der Waals surface area contributed by atoms with E-state index in [0.29, 0.717) is 25.0 Å². The molecule has 1 fully saturated rings. The van der Waals surface area contributed by atoms with E-state index in [-0.39, 0.29) is 23.2 Å². The van der Waals surface area contributed by atoms with Crippen LogP contribution in [-0.2, 0) is 32.6 Å². The molecular weight excluding hydrogens is 436 g/mol. The van der Waals surface area contributed by atoms with Gasteiger partial charge in [0.15, 0.2) is 0 Å². The van der Waals surface area contributed by atoms with Crippen LogP contribution in [0.25, 0.3) is 11.3 Å². The highest BCUT2D eigenvalue weighted by Crippen LogP contribution is 2.55. The molecule has 2 aliphatic carbocycles. The summed E-state index contributed by atoms with van der Waals surface area (Å²) in [6, 6.07) is 19.0. The van der Waals surface area contributed by atoms with Gasteiger partial charge >= 0.3 is 5.97 Å². The summed E-state index contributed by atoms with van der Waals surface area (Å²) in [7, 11) is 1.42. The zero-order valence-electron chi connectivity index (χ0n) is 20.7. The molecule has 0 bridgehead atoms. The van der Waals surface area contributed by atoms with Gasteiger partial charge in [0, 0.05) is 35.3 Å². The second-order valence-electron chi connectivity index (χ2n) is 9.96. The number of carbonyl (C=O) groups is 2. The van der Waals surface area contributed by atoms with E-state index in [2.05, 4.69) is 43.3 Å². The van der Waals surface area contributed by atoms with Crippen molar-refractivity contribution in [3.63, 3.8) is 0 Å². The number of benzene rings is 2. The zero-order chi connectivity index (χ0) is 24.6. The molecule has 0 spiro atoms. The fourth-order valence-electron chi connectivity index (χ4n) is 6.37. The molecule has 35 heavy (non-hydrogen) atoms. The summed E-state index contributed by atoms with van der Waals surface area (Å²) >= 11 is 0. The van der Waals surface area contributed by atoms with Gasteiger partial charge in [-0.1, -0.05) is 55.5 Å². The van der Waals surface area contributed by atoms with E-state index in [1.165, 1.54) is 18.2 Å². The van der Waals surface area contributed by atoms with Gasteiger partial charge in [0.05, 0.1) is 18.5 Å². The Morgan fingerprint density at radius 2 is 1.89 bits per heavy atom. The van der Waals surface area contributed by atoms with Crippen LogP contribution in [0.5, 0.6) is 0 Å². The third-order valence-corrected chi connectivity index (χ3v) is 8.09. The van der Waals surface area contributed by atoms with Crippen LogP contribution in [0.1, 0.15) is 60.8 Å². The van der Waals surface area contributed by atoms with Gasteiger partial charge in [-0.05, 0) is 55.7 Å². The van der Waals surface area contributed by atoms with E-state index in [0.717, 1.165) is 47.6 Å². The van der Waals surface area contributed by atoms with E-state index < -0.39 is 0 Å². The van der Waals surface area contributed by atoms with E-state index in [1.807, 2.05) is 25.1 Å². The van der Waals surface area contributed by atoms with Crippen molar-refractivity contribution in [3.8, 4) is 11.3 Å². The van der Waals surface area contributed by atoms with Crippen molar-refractivity contribution < 1.29 is 14.3 Å². The van der Waals surface area contributed by atoms with Crippen LogP contribution in [0, 0.1) is 18.8 Å². The van der Waals surface area contributed by atoms with Crippen LogP contribution >= 0.6 is 0 Å². The Labute approximate surface area is 207 Å². The van der Waals surface area contributed by atoms with Crippen molar-refractivity contribution in [2.24, 2.45) is 11.8 Å². The Kier molecular flexibility index (Phi) is 6.26. The molecule has 2 aromatic carbocycles. The minimum atomic E-state index is -0.285. The van der Waals surface area contributed by atoms with Crippen molar-refractivity contribution in [1.29, 1.82) is 0 Å². The van der Waals surface area contributed by atoms with Crippen LogP contribution in [0.2, 0.25) is 0 Å². The minimum Gasteiger partial charge on any atom is -0.469 e. The first-order chi connectivity index (χ1) is 16.9. The number of nitrogens with zero attached hydrogens (tertiary/aromatic N) is 2. The van der Waals surface area contributed by atoms with Gasteiger partial charge in [0.2, 0.25) is 0 Å². The number of Topliss-reactive ketones (excluding diaryl/α,β-unsaturated/α-hetero) is 1. The molecule has 0 amide bonds. The number of carbonyl (C=O) groups excluding carboxylic acids is 2. The highest BCUT2D eigenvalue weighted by atomic mass is 16.5. The summed E-state index contributed by atoms with van der Waals surface area (Å²) < 4.78 is 4.81. The second kappa shape index (κ2) is 9.37. The maximum absolute atomic E-state index is 12.8. The lowest BCUT2D eigenvalue weighted by Crippen LogP contribution is -2.50. The van der Waals surface area contributed by atoms with E-state index in [4.69, 9.17) is 14.7 Å². The van der Waals surface area contributed by atoms with Crippen LogP contribution in [0.15, 0.2) is 54.6 Å². The molecule has 1 heterocycles. The first-order valence-corrected chi connectivity index (χ1v) is 12.6. The molecule has 0 N–H and O–H groups in total. The molecule has 1 saturated carbocycles. The number of fused-ring (bicyclic) bond motifs is 3. The molecule has 2 aliphatic rings. The molecule has 5 rings (SSSR count). The fraction of sp³-hybridized carbons (Fsp3) is 0.400. The zero-order valence-corrected chi connectivity index (χ0v) is 20.7. The number of esters is 1. The first-order valence-electron chi connectivity index (χ1n) is 12.6. The minimum absolute atomic E-state index is 0.0116. The maximum Gasteiger partial charge on any atom is 0.305 e. The third-order valence-electron chi connectivity index (χ3n) is 8.09. The number of aromatic nitrogens is 2. The molecule has 180 valence electrons. The number of methoxy groups -OCH3 is 1. The smallest absolute Gasteiger partial charge is 0.305 e. The highest BCUT2D eigenvalue weighted by molar-refractivity contribution is 5.83. The third kappa shape index (κ3) is 4.07. The summed E-state index contributed by atoms with van der Waals surface area (Å²) in [5, 5.41) is 0.